The van der Waals surface area contributed by atoms with Crippen molar-refractivity contribution in [1.29, 1.82) is 0 Å². The van der Waals surface area contributed by atoms with E-state index in [1.807, 2.05) is 0 Å². The first kappa shape index (κ1) is 14.0. The van der Waals surface area contributed by atoms with Crippen molar-refractivity contribution in [2.75, 3.05) is 11.9 Å². The molecule has 3 heterocycles. The van der Waals surface area contributed by atoms with Gasteiger partial charge in [0, 0.05) is 5.69 Å². The van der Waals surface area contributed by atoms with Crippen molar-refractivity contribution >= 4 is 34.4 Å². The SMILES string of the molecule is CCOC(=O)c1ccc(Nc2nc3nonc3n3nnnc23)cc1. The first-order valence-electron chi connectivity index (χ1n) is 7.01. The van der Waals surface area contributed by atoms with Gasteiger partial charge in [-0.05, 0) is 51.9 Å². The van der Waals surface area contributed by atoms with Gasteiger partial charge >= 0.3 is 5.97 Å². The number of nitrogens with zero attached hydrogens (tertiary/aromatic N) is 7. The van der Waals surface area contributed by atoms with Crippen molar-refractivity contribution in [1.82, 2.24) is 35.3 Å². The molecule has 0 aliphatic heterocycles. The van der Waals surface area contributed by atoms with Gasteiger partial charge in [0.15, 0.2) is 5.82 Å². The number of benzene rings is 1. The normalized spacial score (nSPS) is 11.0. The van der Waals surface area contributed by atoms with E-state index in [1.54, 1.807) is 31.2 Å². The molecule has 0 saturated carbocycles. The van der Waals surface area contributed by atoms with E-state index in [1.165, 1.54) is 4.52 Å². The number of nitrogens with one attached hydrogen (secondary N) is 1. The van der Waals surface area contributed by atoms with Gasteiger partial charge in [0.1, 0.15) is 0 Å². The minimum atomic E-state index is -0.374. The number of rotatable bonds is 4. The number of fused-ring (bicyclic) bond motifs is 3. The summed E-state index contributed by atoms with van der Waals surface area (Å²) in [5, 5.41) is 21.8. The molecule has 0 amide bonds. The molecular formula is C13H10N8O3. The second-order valence-electron chi connectivity index (χ2n) is 4.71. The number of esters is 1. The molecule has 4 rings (SSSR count). The fraction of sp³-hybridized carbons (Fsp3) is 0.154. The first-order chi connectivity index (χ1) is 11.8. The van der Waals surface area contributed by atoms with Crippen LogP contribution >= 0.6 is 0 Å². The average Bonchev–Trinajstić information content (AvgIpc) is 3.24. The van der Waals surface area contributed by atoms with Gasteiger partial charge in [0.05, 0.1) is 12.2 Å². The molecule has 1 N–H and O–H groups in total. The van der Waals surface area contributed by atoms with E-state index in [0.717, 1.165) is 0 Å². The number of aromatic nitrogens is 7. The van der Waals surface area contributed by atoms with Crippen molar-refractivity contribution in [3.63, 3.8) is 0 Å². The molecule has 0 bridgehead atoms. The highest BCUT2D eigenvalue weighted by molar-refractivity contribution is 5.90. The van der Waals surface area contributed by atoms with Crippen LogP contribution in [0.4, 0.5) is 11.5 Å². The Morgan fingerprint density at radius 3 is 2.88 bits per heavy atom. The second-order valence-corrected chi connectivity index (χ2v) is 4.71. The molecule has 0 aliphatic carbocycles. The third kappa shape index (κ3) is 2.27. The minimum Gasteiger partial charge on any atom is -0.462 e. The molecule has 0 atom stereocenters. The first-order valence-corrected chi connectivity index (χ1v) is 7.01. The molecule has 11 nitrogen and oxygen atoms in total. The number of hydrogen-bond acceptors (Lipinski definition) is 10. The highest BCUT2D eigenvalue weighted by atomic mass is 16.6. The zero-order chi connectivity index (χ0) is 16.5. The maximum atomic E-state index is 11.7. The van der Waals surface area contributed by atoms with Crippen LogP contribution in [0.25, 0.3) is 16.9 Å². The lowest BCUT2D eigenvalue weighted by Crippen LogP contribution is -2.05. The number of anilines is 2. The summed E-state index contributed by atoms with van der Waals surface area (Å²) < 4.78 is 11.0. The van der Waals surface area contributed by atoms with Gasteiger partial charge in [-0.3, -0.25) is 0 Å². The van der Waals surface area contributed by atoms with E-state index in [2.05, 4.69) is 40.8 Å². The molecule has 4 aromatic rings. The average molecular weight is 326 g/mol. The smallest absolute Gasteiger partial charge is 0.338 e. The molecule has 24 heavy (non-hydrogen) atoms. The molecule has 11 heteroatoms. The highest BCUT2D eigenvalue weighted by Crippen LogP contribution is 2.21. The zero-order valence-electron chi connectivity index (χ0n) is 12.4. The number of hydrogen-bond donors (Lipinski definition) is 1. The predicted octanol–water partition coefficient (Wildman–Crippen LogP) is 0.976. The van der Waals surface area contributed by atoms with E-state index >= 15 is 0 Å². The van der Waals surface area contributed by atoms with E-state index in [0.29, 0.717) is 35.0 Å². The molecular weight excluding hydrogens is 316 g/mol. The topological polar surface area (TPSA) is 133 Å². The standard InChI is InChI=1S/C13H10N8O3/c1-2-23-13(22)7-3-5-8(6-4-7)14-9-11-16-19-20-21(11)12-10(15-9)17-24-18-12/h3-6H,2H2,1H3,(H,14,15,17). The lowest BCUT2D eigenvalue weighted by molar-refractivity contribution is 0.0526. The summed E-state index contributed by atoms with van der Waals surface area (Å²) in [6.07, 6.45) is 0. The van der Waals surface area contributed by atoms with Gasteiger partial charge in [-0.2, -0.15) is 4.52 Å². The molecule has 0 radical (unpaired) electrons. The van der Waals surface area contributed by atoms with Crippen molar-refractivity contribution in [2.45, 2.75) is 6.92 Å². The van der Waals surface area contributed by atoms with Crippen LogP contribution < -0.4 is 5.32 Å². The quantitative estimate of drug-likeness (QED) is 0.541. The third-order valence-corrected chi connectivity index (χ3v) is 3.21. The van der Waals surface area contributed by atoms with Crippen molar-refractivity contribution in [3.05, 3.63) is 29.8 Å². The summed E-state index contributed by atoms with van der Waals surface area (Å²) in [4.78, 5) is 15.9. The van der Waals surface area contributed by atoms with Crippen LogP contribution in [0.2, 0.25) is 0 Å². The fourth-order valence-electron chi connectivity index (χ4n) is 2.14. The van der Waals surface area contributed by atoms with Gasteiger partial charge in [-0.25, -0.2) is 14.4 Å². The van der Waals surface area contributed by atoms with Gasteiger partial charge in [0.2, 0.25) is 16.9 Å². The number of tetrazole rings is 1. The number of carbonyl (C=O) groups is 1. The Labute approximate surface area is 133 Å². The van der Waals surface area contributed by atoms with Crippen LogP contribution in [0, 0.1) is 0 Å². The Morgan fingerprint density at radius 1 is 1.25 bits per heavy atom. The van der Waals surface area contributed by atoms with E-state index in [-0.39, 0.29) is 11.6 Å². The Hall–Kier alpha value is -3.63. The molecule has 0 aliphatic rings. The largest absolute Gasteiger partial charge is 0.462 e. The third-order valence-electron chi connectivity index (χ3n) is 3.21. The molecule has 0 spiro atoms. The molecule has 0 unspecified atom stereocenters. The van der Waals surface area contributed by atoms with E-state index in [9.17, 15) is 4.79 Å². The van der Waals surface area contributed by atoms with Gasteiger partial charge in [-0.1, -0.05) is 0 Å². The molecule has 0 fully saturated rings. The van der Waals surface area contributed by atoms with Crippen LogP contribution in [0.15, 0.2) is 28.9 Å². The van der Waals surface area contributed by atoms with Crippen molar-refractivity contribution in [3.8, 4) is 0 Å². The summed E-state index contributed by atoms with van der Waals surface area (Å²) in [6, 6.07) is 6.74. The summed E-state index contributed by atoms with van der Waals surface area (Å²) >= 11 is 0. The molecule has 0 saturated heterocycles. The maximum Gasteiger partial charge on any atom is 0.338 e. The molecule has 120 valence electrons. The van der Waals surface area contributed by atoms with Gasteiger partial charge in [0.25, 0.3) is 0 Å². The number of ether oxygens (including phenoxy) is 1. The monoisotopic (exact) mass is 326 g/mol. The minimum absolute atomic E-state index is 0.264. The van der Waals surface area contributed by atoms with E-state index in [4.69, 9.17) is 4.74 Å². The molecule has 3 aromatic heterocycles. The summed E-state index contributed by atoms with van der Waals surface area (Å²) in [5.41, 5.74) is 2.10. The van der Waals surface area contributed by atoms with Gasteiger partial charge in [-0.15, -0.1) is 5.10 Å². The Morgan fingerprint density at radius 2 is 2.08 bits per heavy atom. The summed E-state index contributed by atoms with van der Waals surface area (Å²) in [5.74, 6) is 0.00778. The number of carbonyl (C=O) groups excluding carboxylic acids is 1. The highest BCUT2D eigenvalue weighted by Gasteiger charge is 2.16. The van der Waals surface area contributed by atoms with Crippen molar-refractivity contribution in [2.24, 2.45) is 0 Å². The van der Waals surface area contributed by atoms with Gasteiger partial charge < -0.3 is 10.1 Å². The lowest BCUT2D eigenvalue weighted by atomic mass is 10.2. The van der Waals surface area contributed by atoms with Crippen LogP contribution in [0.3, 0.4) is 0 Å². The molecule has 1 aromatic carbocycles. The van der Waals surface area contributed by atoms with Crippen LogP contribution in [-0.2, 0) is 4.74 Å². The maximum absolute atomic E-state index is 11.7. The second kappa shape index (κ2) is 5.53. The Kier molecular flexibility index (Phi) is 3.23. The van der Waals surface area contributed by atoms with E-state index < -0.39 is 0 Å². The zero-order valence-corrected chi connectivity index (χ0v) is 12.4. The summed E-state index contributed by atoms with van der Waals surface area (Å²) in [6.45, 7) is 2.08. The van der Waals surface area contributed by atoms with Crippen molar-refractivity contribution < 1.29 is 14.2 Å². The predicted molar refractivity (Wildman–Crippen MR) is 79.6 cm³/mol. The fourth-order valence-corrected chi connectivity index (χ4v) is 2.14. The summed E-state index contributed by atoms with van der Waals surface area (Å²) in [7, 11) is 0. The van der Waals surface area contributed by atoms with Crippen LogP contribution in [-0.4, -0.2) is 47.9 Å². The Balaban J connectivity index is 1.68. The Bertz CT molecular complexity index is 1020. The van der Waals surface area contributed by atoms with Crippen LogP contribution in [0.1, 0.15) is 17.3 Å². The van der Waals surface area contributed by atoms with Crippen LogP contribution in [0.5, 0.6) is 0 Å². The lowest BCUT2D eigenvalue weighted by Gasteiger charge is -2.07.